The van der Waals surface area contributed by atoms with Gasteiger partial charge in [-0.25, -0.2) is 4.79 Å². The number of ketones is 1. The van der Waals surface area contributed by atoms with Gasteiger partial charge in [0.1, 0.15) is 11.4 Å². The van der Waals surface area contributed by atoms with Gasteiger partial charge in [0.2, 0.25) is 0 Å². The van der Waals surface area contributed by atoms with E-state index in [0.29, 0.717) is 16.5 Å². The Bertz CT molecular complexity index is 726. The second-order valence-electron chi connectivity index (χ2n) is 6.12. The van der Waals surface area contributed by atoms with Crippen LogP contribution in [0.2, 0.25) is 0 Å². The molecule has 0 spiro atoms. The molecule has 0 aliphatic carbocycles. The molecule has 118 valence electrons. The molecule has 22 heavy (non-hydrogen) atoms. The summed E-state index contributed by atoms with van der Waals surface area (Å²) in [6.07, 6.45) is 0. The van der Waals surface area contributed by atoms with E-state index in [1.807, 2.05) is 20.8 Å². The van der Waals surface area contributed by atoms with Crippen molar-refractivity contribution >= 4 is 22.7 Å². The summed E-state index contributed by atoms with van der Waals surface area (Å²) in [4.78, 5) is 26.8. The number of phenolic OH excluding ortho intramolecular Hbond substituents is 1. The Morgan fingerprint density at radius 3 is 2.59 bits per heavy atom. The number of hydrogen-bond donors (Lipinski definition) is 3. The first-order chi connectivity index (χ1) is 10.2. The van der Waals surface area contributed by atoms with Gasteiger partial charge in [0, 0.05) is 16.5 Å². The van der Waals surface area contributed by atoms with Crippen LogP contribution in [-0.4, -0.2) is 41.0 Å². The maximum Gasteiger partial charge on any atom is 0.354 e. The number of esters is 1. The molecule has 2 rings (SSSR count). The van der Waals surface area contributed by atoms with Gasteiger partial charge in [0.15, 0.2) is 5.78 Å². The molecule has 1 aromatic carbocycles. The lowest BCUT2D eigenvalue weighted by Crippen LogP contribution is -2.39. The number of H-pyrrole nitrogens is 1. The van der Waals surface area contributed by atoms with Gasteiger partial charge in [-0.05, 0) is 39.0 Å². The summed E-state index contributed by atoms with van der Waals surface area (Å²) in [5.41, 5.74) is 0.802. The molecule has 0 bridgehead atoms. The van der Waals surface area contributed by atoms with Crippen molar-refractivity contribution in [3.05, 3.63) is 29.5 Å². The van der Waals surface area contributed by atoms with Crippen LogP contribution in [-0.2, 0) is 4.74 Å². The first-order valence-electron chi connectivity index (χ1n) is 6.94. The third-order valence-corrected chi connectivity index (χ3v) is 3.26. The minimum atomic E-state index is -0.554. The molecule has 0 saturated carbocycles. The number of benzene rings is 1. The van der Waals surface area contributed by atoms with Gasteiger partial charge in [0.25, 0.3) is 0 Å². The third-order valence-electron chi connectivity index (χ3n) is 3.26. The van der Waals surface area contributed by atoms with Gasteiger partial charge in [-0.3, -0.25) is 4.79 Å². The van der Waals surface area contributed by atoms with Gasteiger partial charge in [-0.15, -0.1) is 0 Å². The van der Waals surface area contributed by atoms with Crippen molar-refractivity contribution in [2.45, 2.75) is 26.3 Å². The molecule has 0 fully saturated rings. The van der Waals surface area contributed by atoms with E-state index >= 15 is 0 Å². The molecular formula is C16H20N2O4. The fourth-order valence-electron chi connectivity index (χ4n) is 2.11. The summed E-state index contributed by atoms with van der Waals surface area (Å²) in [5, 5.41) is 13.5. The minimum absolute atomic E-state index is 0.0227. The molecule has 0 unspecified atom stereocenters. The van der Waals surface area contributed by atoms with Crippen molar-refractivity contribution < 1.29 is 19.4 Å². The number of methoxy groups -OCH3 is 1. The average molecular weight is 304 g/mol. The highest BCUT2D eigenvalue weighted by molar-refractivity contribution is 6.11. The number of carbonyl (C=O) groups excluding carboxylic acids is 2. The highest BCUT2D eigenvalue weighted by atomic mass is 16.5. The lowest BCUT2D eigenvalue weighted by atomic mass is 10.0. The maximum atomic E-state index is 12.4. The smallest absolute Gasteiger partial charge is 0.354 e. The molecule has 0 saturated heterocycles. The summed E-state index contributed by atoms with van der Waals surface area (Å²) >= 11 is 0. The number of fused-ring (bicyclic) bond motifs is 1. The van der Waals surface area contributed by atoms with E-state index in [2.05, 4.69) is 15.0 Å². The molecule has 0 aliphatic heterocycles. The van der Waals surface area contributed by atoms with Gasteiger partial charge in [0.05, 0.1) is 19.2 Å². The second-order valence-corrected chi connectivity index (χ2v) is 6.12. The van der Waals surface area contributed by atoms with Crippen LogP contribution in [0.1, 0.15) is 41.6 Å². The minimum Gasteiger partial charge on any atom is -0.506 e. The van der Waals surface area contributed by atoms with Crippen molar-refractivity contribution in [2.75, 3.05) is 13.7 Å². The number of nitrogens with one attached hydrogen (secondary N) is 2. The molecule has 0 atom stereocenters. The molecule has 1 aromatic heterocycles. The van der Waals surface area contributed by atoms with Crippen LogP contribution in [0.4, 0.5) is 0 Å². The molecule has 0 aliphatic rings. The molecule has 6 nitrogen and oxygen atoms in total. The highest BCUT2D eigenvalue weighted by Crippen LogP contribution is 2.28. The zero-order valence-electron chi connectivity index (χ0n) is 13.1. The summed E-state index contributed by atoms with van der Waals surface area (Å²) in [6.45, 7) is 6.08. The SMILES string of the molecule is COC(=O)c1cc2c(C(=O)CNC(C)(C)C)ccc(O)c2[nH]1. The fraction of sp³-hybridized carbons (Fsp3) is 0.375. The van der Waals surface area contributed by atoms with Crippen LogP contribution < -0.4 is 5.32 Å². The van der Waals surface area contributed by atoms with Crippen molar-refractivity contribution in [3.8, 4) is 5.75 Å². The Kier molecular flexibility index (Phi) is 4.23. The largest absolute Gasteiger partial charge is 0.506 e. The Morgan fingerprint density at radius 2 is 2.00 bits per heavy atom. The van der Waals surface area contributed by atoms with E-state index in [1.54, 1.807) is 6.07 Å². The molecule has 2 aromatic rings. The molecule has 3 N–H and O–H groups in total. The summed E-state index contributed by atoms with van der Waals surface area (Å²) in [6, 6.07) is 4.51. The Balaban J connectivity index is 2.42. The molecule has 0 radical (unpaired) electrons. The normalized spacial score (nSPS) is 11.6. The number of aromatic amines is 1. The predicted molar refractivity (Wildman–Crippen MR) is 83.4 cm³/mol. The fourth-order valence-corrected chi connectivity index (χ4v) is 2.11. The number of hydrogen-bond acceptors (Lipinski definition) is 5. The van der Waals surface area contributed by atoms with Crippen LogP contribution in [0.15, 0.2) is 18.2 Å². The highest BCUT2D eigenvalue weighted by Gasteiger charge is 2.19. The number of aromatic hydroxyl groups is 1. The molecule has 0 amide bonds. The van der Waals surface area contributed by atoms with Crippen molar-refractivity contribution in [1.82, 2.24) is 10.3 Å². The number of carbonyl (C=O) groups is 2. The lowest BCUT2D eigenvalue weighted by Gasteiger charge is -2.20. The van der Waals surface area contributed by atoms with Crippen LogP contribution in [0.25, 0.3) is 10.9 Å². The lowest BCUT2D eigenvalue weighted by molar-refractivity contribution is 0.0595. The van der Waals surface area contributed by atoms with E-state index in [1.165, 1.54) is 19.2 Å². The molecule has 6 heteroatoms. The van der Waals surface area contributed by atoms with Crippen molar-refractivity contribution in [1.29, 1.82) is 0 Å². The van der Waals surface area contributed by atoms with E-state index < -0.39 is 5.97 Å². The topological polar surface area (TPSA) is 91.4 Å². The van der Waals surface area contributed by atoms with Gasteiger partial charge >= 0.3 is 5.97 Å². The average Bonchev–Trinajstić information content (AvgIpc) is 2.89. The second kappa shape index (κ2) is 5.81. The maximum absolute atomic E-state index is 12.4. The van der Waals surface area contributed by atoms with E-state index in [-0.39, 0.29) is 29.3 Å². The van der Waals surface area contributed by atoms with E-state index in [9.17, 15) is 14.7 Å². The van der Waals surface area contributed by atoms with Crippen molar-refractivity contribution in [2.24, 2.45) is 0 Å². The predicted octanol–water partition coefficient (Wildman–Crippen LogP) is 2.23. The quantitative estimate of drug-likeness (QED) is 0.595. The third kappa shape index (κ3) is 3.28. The van der Waals surface area contributed by atoms with E-state index in [0.717, 1.165) is 0 Å². The van der Waals surface area contributed by atoms with Crippen LogP contribution >= 0.6 is 0 Å². The monoisotopic (exact) mass is 304 g/mol. The number of phenols is 1. The Labute approximate surface area is 128 Å². The summed E-state index contributed by atoms with van der Waals surface area (Å²) in [7, 11) is 1.27. The standard InChI is InChI=1S/C16H20N2O4/c1-16(2,3)17-8-13(20)9-5-6-12(19)14-10(9)7-11(18-14)15(21)22-4/h5-7,17-19H,8H2,1-4H3. The van der Waals surface area contributed by atoms with Gasteiger partial charge < -0.3 is 20.1 Å². The van der Waals surface area contributed by atoms with Crippen molar-refractivity contribution in [3.63, 3.8) is 0 Å². The molecule has 1 heterocycles. The van der Waals surface area contributed by atoms with E-state index in [4.69, 9.17) is 0 Å². The number of rotatable bonds is 4. The van der Waals surface area contributed by atoms with Crippen LogP contribution in [0.3, 0.4) is 0 Å². The number of Topliss-reactive ketones (excluding diaryl/α,β-unsaturated/α-hetero) is 1. The first-order valence-corrected chi connectivity index (χ1v) is 6.94. The first kappa shape index (κ1) is 16.0. The van der Waals surface area contributed by atoms with Gasteiger partial charge in [-0.2, -0.15) is 0 Å². The van der Waals surface area contributed by atoms with Crippen LogP contribution in [0, 0.1) is 0 Å². The zero-order valence-corrected chi connectivity index (χ0v) is 13.1. The Hall–Kier alpha value is -2.34. The van der Waals surface area contributed by atoms with Crippen LogP contribution in [0.5, 0.6) is 5.75 Å². The number of ether oxygens (including phenoxy) is 1. The number of aromatic nitrogens is 1. The Morgan fingerprint density at radius 1 is 1.32 bits per heavy atom. The summed E-state index contributed by atoms with van der Waals surface area (Å²) < 4.78 is 4.65. The molecular weight excluding hydrogens is 284 g/mol. The summed E-state index contributed by atoms with van der Waals surface area (Å²) in [5.74, 6) is -0.692. The zero-order chi connectivity index (χ0) is 16.5. The van der Waals surface area contributed by atoms with Gasteiger partial charge in [-0.1, -0.05) is 0 Å².